The van der Waals surface area contributed by atoms with Crippen LogP contribution in [-0.4, -0.2) is 41.8 Å². The van der Waals surface area contributed by atoms with Gasteiger partial charge < -0.3 is 14.6 Å². The van der Waals surface area contributed by atoms with E-state index in [9.17, 15) is 22.8 Å². The number of alkyl halides is 3. The zero-order valence-corrected chi connectivity index (χ0v) is 16.1. The van der Waals surface area contributed by atoms with Crippen molar-refractivity contribution in [3.63, 3.8) is 0 Å². The van der Waals surface area contributed by atoms with E-state index < -0.39 is 30.3 Å². The maximum Gasteiger partial charge on any atom is 0.417 e. The van der Waals surface area contributed by atoms with E-state index in [1.165, 1.54) is 32.0 Å². The van der Waals surface area contributed by atoms with Gasteiger partial charge in [0.2, 0.25) is 0 Å². The van der Waals surface area contributed by atoms with Crippen LogP contribution in [0.3, 0.4) is 0 Å². The maximum absolute atomic E-state index is 13.7. The first-order valence-corrected chi connectivity index (χ1v) is 8.76. The predicted octanol–water partition coefficient (Wildman–Crippen LogP) is 3.71. The van der Waals surface area contributed by atoms with Crippen molar-refractivity contribution in [2.75, 3.05) is 19.8 Å². The SMILES string of the molecule is CCOC(=O)c1c(C)nc(C)c(C(=O)OCCO)c1-c1ccccc1C(F)(F)F. The van der Waals surface area contributed by atoms with Crippen LogP contribution in [0.1, 0.15) is 44.6 Å². The summed E-state index contributed by atoms with van der Waals surface area (Å²) in [6.45, 7) is 3.58. The topological polar surface area (TPSA) is 85.7 Å². The van der Waals surface area contributed by atoms with Gasteiger partial charge in [-0.15, -0.1) is 0 Å². The Morgan fingerprint density at radius 3 is 2.10 bits per heavy atom. The lowest BCUT2D eigenvalue weighted by atomic mass is 9.89. The minimum atomic E-state index is -4.74. The van der Waals surface area contributed by atoms with Gasteiger partial charge in [-0.25, -0.2) is 9.59 Å². The second-order valence-corrected chi connectivity index (χ2v) is 6.03. The molecule has 2 rings (SSSR count). The fraction of sp³-hybridized carbons (Fsp3) is 0.350. The molecule has 1 N–H and O–H groups in total. The number of carbonyl (C=O) groups excluding carboxylic acids is 2. The molecule has 0 amide bonds. The highest BCUT2D eigenvalue weighted by molar-refractivity contribution is 6.07. The quantitative estimate of drug-likeness (QED) is 0.730. The Balaban J connectivity index is 2.94. The van der Waals surface area contributed by atoms with Gasteiger partial charge in [-0.05, 0) is 32.4 Å². The van der Waals surface area contributed by atoms with Gasteiger partial charge in [0.25, 0.3) is 0 Å². The van der Waals surface area contributed by atoms with Crippen molar-refractivity contribution in [1.82, 2.24) is 4.98 Å². The van der Waals surface area contributed by atoms with E-state index >= 15 is 0 Å². The number of aliphatic hydroxyl groups is 1. The number of aromatic nitrogens is 1. The third-order valence-electron chi connectivity index (χ3n) is 4.07. The highest BCUT2D eigenvalue weighted by Gasteiger charge is 2.37. The Morgan fingerprint density at radius 2 is 1.59 bits per heavy atom. The second kappa shape index (κ2) is 9.04. The summed E-state index contributed by atoms with van der Waals surface area (Å²) in [7, 11) is 0. The third-order valence-corrected chi connectivity index (χ3v) is 4.07. The molecule has 0 bridgehead atoms. The van der Waals surface area contributed by atoms with Gasteiger partial charge in [0.15, 0.2) is 0 Å². The monoisotopic (exact) mass is 411 g/mol. The number of aryl methyl sites for hydroxylation is 2. The van der Waals surface area contributed by atoms with Crippen molar-refractivity contribution in [1.29, 1.82) is 0 Å². The van der Waals surface area contributed by atoms with E-state index in [0.29, 0.717) is 0 Å². The van der Waals surface area contributed by atoms with Gasteiger partial charge in [0, 0.05) is 5.56 Å². The number of pyridine rings is 1. The zero-order chi connectivity index (χ0) is 21.8. The van der Waals surface area contributed by atoms with Crippen LogP contribution in [0.4, 0.5) is 13.2 Å². The average Bonchev–Trinajstić information content (AvgIpc) is 2.64. The molecule has 0 fully saturated rings. The molecule has 1 aromatic carbocycles. The highest BCUT2D eigenvalue weighted by Crippen LogP contribution is 2.41. The minimum Gasteiger partial charge on any atom is -0.462 e. The first-order valence-electron chi connectivity index (χ1n) is 8.76. The largest absolute Gasteiger partial charge is 0.462 e. The van der Waals surface area contributed by atoms with Crippen LogP contribution in [0.2, 0.25) is 0 Å². The Morgan fingerprint density at radius 1 is 1.03 bits per heavy atom. The molecule has 1 heterocycles. The predicted molar refractivity (Wildman–Crippen MR) is 97.5 cm³/mol. The Labute approximate surface area is 165 Å². The lowest BCUT2D eigenvalue weighted by Crippen LogP contribution is -2.19. The van der Waals surface area contributed by atoms with Gasteiger partial charge in [0.1, 0.15) is 6.61 Å². The van der Waals surface area contributed by atoms with Crippen LogP contribution in [0.25, 0.3) is 11.1 Å². The van der Waals surface area contributed by atoms with Crippen LogP contribution in [-0.2, 0) is 15.7 Å². The molecule has 0 aliphatic rings. The van der Waals surface area contributed by atoms with Crippen molar-refractivity contribution >= 4 is 11.9 Å². The molecule has 0 unspecified atom stereocenters. The standard InChI is InChI=1S/C20H20F3NO5/c1-4-28-18(26)15-11(2)24-12(3)16(19(27)29-10-9-25)17(15)13-7-5-6-8-14(13)20(21,22)23/h5-8,25H,4,9-10H2,1-3H3. The molecule has 0 atom stereocenters. The van der Waals surface area contributed by atoms with Gasteiger partial charge in [-0.1, -0.05) is 18.2 Å². The summed E-state index contributed by atoms with van der Waals surface area (Å²) in [6.07, 6.45) is -4.74. The molecule has 0 radical (unpaired) electrons. The number of benzene rings is 1. The Kier molecular flexibility index (Phi) is 6.97. The molecule has 0 aliphatic heterocycles. The fourth-order valence-corrected chi connectivity index (χ4v) is 2.98. The van der Waals surface area contributed by atoms with Gasteiger partial charge >= 0.3 is 18.1 Å². The number of carbonyl (C=O) groups is 2. The third kappa shape index (κ3) is 4.73. The number of ether oxygens (including phenoxy) is 2. The summed E-state index contributed by atoms with van der Waals surface area (Å²) < 4.78 is 50.9. The molecule has 1 aromatic heterocycles. The fourth-order valence-electron chi connectivity index (χ4n) is 2.98. The van der Waals surface area contributed by atoms with Crippen LogP contribution in [0.15, 0.2) is 24.3 Å². The number of halogens is 3. The molecule has 9 heteroatoms. The normalized spacial score (nSPS) is 11.3. The molecule has 156 valence electrons. The number of aliphatic hydroxyl groups excluding tert-OH is 1. The smallest absolute Gasteiger partial charge is 0.417 e. The molecule has 0 saturated heterocycles. The van der Waals surface area contributed by atoms with Crippen molar-refractivity contribution in [3.8, 4) is 11.1 Å². The maximum atomic E-state index is 13.7. The Hall–Kier alpha value is -2.94. The molecular formula is C20H20F3NO5. The van der Waals surface area contributed by atoms with E-state index in [1.807, 2.05) is 0 Å². The van der Waals surface area contributed by atoms with Gasteiger partial charge in [0.05, 0.1) is 41.3 Å². The summed E-state index contributed by atoms with van der Waals surface area (Å²) in [5, 5.41) is 8.91. The van der Waals surface area contributed by atoms with Gasteiger partial charge in [-0.3, -0.25) is 4.98 Å². The van der Waals surface area contributed by atoms with Crippen LogP contribution in [0, 0.1) is 13.8 Å². The number of rotatable bonds is 6. The number of hydrogen-bond acceptors (Lipinski definition) is 6. The first kappa shape index (κ1) is 22.4. The van der Waals surface area contributed by atoms with Crippen LogP contribution >= 0.6 is 0 Å². The zero-order valence-electron chi connectivity index (χ0n) is 16.1. The van der Waals surface area contributed by atoms with E-state index in [0.717, 1.165) is 6.07 Å². The van der Waals surface area contributed by atoms with Crippen molar-refractivity contribution in [3.05, 3.63) is 52.3 Å². The van der Waals surface area contributed by atoms with E-state index in [2.05, 4.69) is 4.98 Å². The van der Waals surface area contributed by atoms with Crippen molar-refractivity contribution in [2.24, 2.45) is 0 Å². The average molecular weight is 411 g/mol. The van der Waals surface area contributed by atoms with Crippen molar-refractivity contribution in [2.45, 2.75) is 26.9 Å². The van der Waals surface area contributed by atoms with E-state index in [1.54, 1.807) is 6.92 Å². The lowest BCUT2D eigenvalue weighted by Gasteiger charge is -2.20. The van der Waals surface area contributed by atoms with Crippen LogP contribution in [0.5, 0.6) is 0 Å². The summed E-state index contributed by atoms with van der Waals surface area (Å²) in [4.78, 5) is 29.3. The van der Waals surface area contributed by atoms with Crippen LogP contribution < -0.4 is 0 Å². The summed E-state index contributed by atoms with van der Waals surface area (Å²) >= 11 is 0. The number of hydrogen-bond donors (Lipinski definition) is 1. The molecule has 0 saturated carbocycles. The van der Waals surface area contributed by atoms with Gasteiger partial charge in [-0.2, -0.15) is 13.2 Å². The van der Waals surface area contributed by atoms with E-state index in [4.69, 9.17) is 14.6 Å². The Bertz CT molecular complexity index is 925. The van der Waals surface area contributed by atoms with E-state index in [-0.39, 0.29) is 46.9 Å². The minimum absolute atomic E-state index is 0.0171. The molecule has 0 aliphatic carbocycles. The molecule has 6 nitrogen and oxygen atoms in total. The molecule has 2 aromatic rings. The number of nitrogens with zero attached hydrogens (tertiary/aromatic N) is 1. The number of esters is 2. The van der Waals surface area contributed by atoms with Crippen molar-refractivity contribution < 1.29 is 37.3 Å². The summed E-state index contributed by atoms with van der Waals surface area (Å²) in [6, 6.07) is 4.61. The first-order chi connectivity index (χ1) is 13.6. The summed E-state index contributed by atoms with van der Waals surface area (Å²) in [5.74, 6) is -1.90. The lowest BCUT2D eigenvalue weighted by molar-refractivity contribution is -0.137. The highest BCUT2D eigenvalue weighted by atomic mass is 19.4. The molecule has 0 spiro atoms. The summed E-state index contributed by atoms with van der Waals surface area (Å²) in [5.41, 5.74) is -1.98. The molecular weight excluding hydrogens is 391 g/mol. The second-order valence-electron chi connectivity index (χ2n) is 6.03. The molecule has 29 heavy (non-hydrogen) atoms.